The zero-order chi connectivity index (χ0) is 19.4. The van der Waals surface area contributed by atoms with Crippen molar-refractivity contribution in [3.8, 4) is 11.1 Å². The Morgan fingerprint density at radius 2 is 2.07 bits per heavy atom. The summed E-state index contributed by atoms with van der Waals surface area (Å²) in [6.45, 7) is 2.37. The highest BCUT2D eigenvalue weighted by molar-refractivity contribution is 7.99. The SMILES string of the molecule is CCCOC(=O)CCSc1nc2scc(-c3ccc(F)cc3)c2c(=O)n1C. The summed E-state index contributed by atoms with van der Waals surface area (Å²) >= 11 is 2.73. The Morgan fingerprint density at radius 3 is 2.78 bits per heavy atom. The van der Waals surface area contributed by atoms with Gasteiger partial charge >= 0.3 is 5.97 Å². The summed E-state index contributed by atoms with van der Waals surface area (Å²) in [5.41, 5.74) is 1.38. The number of benzene rings is 1. The van der Waals surface area contributed by atoms with Crippen molar-refractivity contribution in [3.63, 3.8) is 0 Å². The van der Waals surface area contributed by atoms with Crippen molar-refractivity contribution in [3.05, 3.63) is 45.8 Å². The summed E-state index contributed by atoms with van der Waals surface area (Å²) < 4.78 is 19.7. The van der Waals surface area contributed by atoms with E-state index in [1.54, 1.807) is 19.2 Å². The number of aromatic nitrogens is 2. The molecule has 2 aromatic heterocycles. The number of halogens is 1. The van der Waals surface area contributed by atoms with E-state index in [9.17, 15) is 14.0 Å². The fourth-order valence-corrected chi connectivity index (χ4v) is 4.42. The second kappa shape index (κ2) is 8.67. The van der Waals surface area contributed by atoms with Gasteiger partial charge in [-0.25, -0.2) is 9.37 Å². The van der Waals surface area contributed by atoms with Gasteiger partial charge in [-0.05, 0) is 24.1 Å². The normalized spacial score (nSPS) is 11.1. The fourth-order valence-electron chi connectivity index (χ4n) is 2.54. The second-order valence-corrected chi connectivity index (χ2v) is 7.83. The molecule has 0 saturated carbocycles. The van der Waals surface area contributed by atoms with Crippen LogP contribution in [0.25, 0.3) is 21.3 Å². The highest BCUT2D eigenvalue weighted by atomic mass is 32.2. The van der Waals surface area contributed by atoms with Crippen LogP contribution in [-0.2, 0) is 16.6 Å². The molecule has 0 unspecified atom stereocenters. The topological polar surface area (TPSA) is 61.2 Å². The number of carbonyl (C=O) groups is 1. The van der Waals surface area contributed by atoms with Crippen molar-refractivity contribution < 1.29 is 13.9 Å². The van der Waals surface area contributed by atoms with Crippen LogP contribution < -0.4 is 5.56 Å². The molecule has 1 aromatic carbocycles. The third kappa shape index (κ3) is 4.39. The minimum atomic E-state index is -0.319. The molecule has 8 heteroatoms. The summed E-state index contributed by atoms with van der Waals surface area (Å²) in [6.07, 6.45) is 1.06. The van der Waals surface area contributed by atoms with Gasteiger partial charge in [0, 0.05) is 23.7 Å². The lowest BCUT2D eigenvalue weighted by molar-refractivity contribution is -0.143. The lowest BCUT2D eigenvalue weighted by atomic mass is 10.1. The smallest absolute Gasteiger partial charge is 0.306 e. The molecule has 0 fully saturated rings. The number of thiophene rings is 1. The first-order valence-electron chi connectivity index (χ1n) is 8.53. The highest BCUT2D eigenvalue weighted by Gasteiger charge is 2.16. The van der Waals surface area contributed by atoms with Gasteiger partial charge in [-0.2, -0.15) is 0 Å². The maximum atomic E-state index is 13.2. The Labute approximate surface area is 164 Å². The van der Waals surface area contributed by atoms with E-state index in [0.717, 1.165) is 17.5 Å². The number of fused-ring (bicyclic) bond motifs is 1. The minimum Gasteiger partial charge on any atom is -0.466 e. The average Bonchev–Trinajstić information content (AvgIpc) is 3.08. The van der Waals surface area contributed by atoms with Crippen molar-refractivity contribution in [2.75, 3.05) is 12.4 Å². The minimum absolute atomic E-state index is 0.156. The van der Waals surface area contributed by atoms with E-state index in [1.807, 2.05) is 12.3 Å². The maximum absolute atomic E-state index is 13.2. The van der Waals surface area contributed by atoms with E-state index in [0.29, 0.717) is 27.7 Å². The van der Waals surface area contributed by atoms with Crippen LogP contribution in [0.4, 0.5) is 4.39 Å². The van der Waals surface area contributed by atoms with E-state index in [4.69, 9.17) is 4.74 Å². The monoisotopic (exact) mass is 406 g/mol. The number of carbonyl (C=O) groups excluding carboxylic acids is 1. The fraction of sp³-hybridized carbons (Fsp3) is 0.316. The van der Waals surface area contributed by atoms with E-state index in [1.165, 1.54) is 39.8 Å². The Morgan fingerprint density at radius 1 is 1.33 bits per heavy atom. The zero-order valence-electron chi connectivity index (χ0n) is 15.0. The van der Waals surface area contributed by atoms with Crippen LogP contribution in [0.15, 0.2) is 39.6 Å². The molecule has 2 heterocycles. The van der Waals surface area contributed by atoms with Gasteiger partial charge in [0.15, 0.2) is 5.16 Å². The molecule has 0 atom stereocenters. The average molecular weight is 407 g/mol. The van der Waals surface area contributed by atoms with Crippen molar-refractivity contribution in [2.45, 2.75) is 24.9 Å². The number of hydrogen-bond acceptors (Lipinski definition) is 6. The first-order valence-corrected chi connectivity index (χ1v) is 10.4. The van der Waals surface area contributed by atoms with Crippen molar-refractivity contribution in [2.24, 2.45) is 7.05 Å². The van der Waals surface area contributed by atoms with Gasteiger partial charge in [0.25, 0.3) is 5.56 Å². The number of rotatable bonds is 7. The predicted molar refractivity (Wildman–Crippen MR) is 107 cm³/mol. The van der Waals surface area contributed by atoms with Crippen LogP contribution >= 0.6 is 23.1 Å². The van der Waals surface area contributed by atoms with Crippen molar-refractivity contribution in [1.29, 1.82) is 0 Å². The first-order chi connectivity index (χ1) is 13.0. The van der Waals surface area contributed by atoms with Gasteiger partial charge in [0.05, 0.1) is 18.4 Å². The molecule has 0 spiro atoms. The summed E-state index contributed by atoms with van der Waals surface area (Å²) in [4.78, 5) is 29.7. The largest absolute Gasteiger partial charge is 0.466 e. The van der Waals surface area contributed by atoms with Gasteiger partial charge in [0.1, 0.15) is 10.6 Å². The number of hydrogen-bond donors (Lipinski definition) is 0. The molecule has 3 rings (SSSR count). The van der Waals surface area contributed by atoms with Gasteiger partial charge in [-0.15, -0.1) is 11.3 Å². The number of thioether (sulfide) groups is 1. The van der Waals surface area contributed by atoms with Gasteiger partial charge in [-0.1, -0.05) is 30.8 Å². The van der Waals surface area contributed by atoms with Crippen LogP contribution in [0.3, 0.4) is 0 Å². The maximum Gasteiger partial charge on any atom is 0.306 e. The van der Waals surface area contributed by atoms with Crippen LogP contribution in [0.5, 0.6) is 0 Å². The summed E-state index contributed by atoms with van der Waals surface area (Å²) in [6, 6.07) is 6.05. The van der Waals surface area contributed by atoms with Gasteiger partial charge in [-0.3, -0.25) is 14.2 Å². The molecular formula is C19H19FN2O3S2. The van der Waals surface area contributed by atoms with E-state index < -0.39 is 0 Å². The number of esters is 1. The number of nitrogens with zero attached hydrogens (tertiary/aromatic N) is 2. The standard InChI is InChI=1S/C19H19FN2O3S2/c1-3-9-25-15(23)8-10-26-19-21-17-16(18(24)22(19)2)14(11-27-17)12-4-6-13(20)7-5-12/h4-7,11H,3,8-10H2,1-2H3. The highest BCUT2D eigenvalue weighted by Crippen LogP contribution is 2.32. The van der Waals surface area contributed by atoms with E-state index >= 15 is 0 Å². The molecule has 0 amide bonds. The molecule has 0 radical (unpaired) electrons. The molecule has 0 N–H and O–H groups in total. The third-order valence-corrected chi connectivity index (χ3v) is 5.84. The van der Waals surface area contributed by atoms with Gasteiger partial charge < -0.3 is 4.74 Å². The Kier molecular flexibility index (Phi) is 6.28. The second-order valence-electron chi connectivity index (χ2n) is 5.91. The van der Waals surface area contributed by atoms with Gasteiger partial charge in [0.2, 0.25) is 0 Å². The Bertz CT molecular complexity index is 1010. The number of ether oxygens (including phenoxy) is 1. The van der Waals surface area contributed by atoms with Crippen LogP contribution in [0.2, 0.25) is 0 Å². The van der Waals surface area contributed by atoms with Crippen molar-refractivity contribution >= 4 is 39.3 Å². The van der Waals surface area contributed by atoms with Crippen molar-refractivity contribution in [1.82, 2.24) is 9.55 Å². The Balaban J connectivity index is 1.84. The summed E-state index contributed by atoms with van der Waals surface area (Å²) in [7, 11) is 1.67. The molecule has 0 aliphatic rings. The summed E-state index contributed by atoms with van der Waals surface area (Å²) in [5, 5.41) is 2.95. The van der Waals surface area contributed by atoms with E-state index in [-0.39, 0.29) is 23.8 Å². The van der Waals surface area contributed by atoms with E-state index in [2.05, 4.69) is 4.98 Å². The lowest BCUT2D eigenvalue weighted by Crippen LogP contribution is -2.20. The molecule has 142 valence electrons. The Hall–Kier alpha value is -2.19. The molecule has 27 heavy (non-hydrogen) atoms. The predicted octanol–water partition coefficient (Wildman–Crippen LogP) is 4.24. The van der Waals surface area contributed by atoms with Crippen LogP contribution in [-0.4, -0.2) is 27.9 Å². The zero-order valence-corrected chi connectivity index (χ0v) is 16.7. The molecule has 3 aromatic rings. The molecule has 0 bridgehead atoms. The molecular weight excluding hydrogens is 387 g/mol. The van der Waals surface area contributed by atoms with Crippen LogP contribution in [0.1, 0.15) is 19.8 Å². The molecule has 5 nitrogen and oxygen atoms in total. The molecule has 0 aliphatic carbocycles. The van der Waals surface area contributed by atoms with Crippen LogP contribution in [0, 0.1) is 5.82 Å². The molecule has 0 saturated heterocycles. The lowest BCUT2D eigenvalue weighted by Gasteiger charge is -2.08. The summed E-state index contributed by atoms with van der Waals surface area (Å²) in [5.74, 6) is -0.0736. The molecule has 0 aliphatic heterocycles. The quantitative estimate of drug-likeness (QED) is 0.334. The first kappa shape index (κ1) is 19.6. The third-order valence-electron chi connectivity index (χ3n) is 3.93.